The number of benzene rings is 1. The van der Waals surface area contributed by atoms with Crippen molar-refractivity contribution in [2.24, 2.45) is 17.3 Å². The van der Waals surface area contributed by atoms with E-state index in [-0.39, 0.29) is 23.2 Å². The molecule has 2 atom stereocenters. The summed E-state index contributed by atoms with van der Waals surface area (Å²) in [5.74, 6) is 0.210. The fraction of sp³-hybridized carbons (Fsp3) is 0.412. The Kier molecular flexibility index (Phi) is 4.93. The molecule has 0 saturated heterocycles. The highest BCUT2D eigenvalue weighted by Gasteiger charge is 2.60. The minimum Gasteiger partial charge on any atom is -0.332 e. The molecule has 3 nitrogen and oxygen atoms in total. The summed E-state index contributed by atoms with van der Waals surface area (Å²) in [6.07, 6.45) is 2.17. The first-order valence-electron chi connectivity index (χ1n) is 7.24. The average Bonchev–Trinajstić information content (AvgIpc) is 2.92. The van der Waals surface area contributed by atoms with Crippen LogP contribution in [0, 0.1) is 17.3 Å². The van der Waals surface area contributed by atoms with Crippen LogP contribution in [-0.4, -0.2) is 11.0 Å². The maximum Gasteiger partial charge on any atom is 0.230 e. The first kappa shape index (κ1) is 17.0. The van der Waals surface area contributed by atoms with Gasteiger partial charge in [0.15, 0.2) is 5.11 Å². The molecule has 0 aromatic heterocycles. The summed E-state index contributed by atoms with van der Waals surface area (Å²) < 4.78 is 0. The number of anilines is 1. The lowest BCUT2D eigenvalue weighted by Gasteiger charge is -2.10. The summed E-state index contributed by atoms with van der Waals surface area (Å²) in [5, 5.41) is 6.74. The number of nitrogens with one attached hydrogen (secondary N) is 2. The predicted octanol–water partition coefficient (Wildman–Crippen LogP) is 4.39. The summed E-state index contributed by atoms with van der Waals surface area (Å²) in [4.78, 5) is 12.4. The van der Waals surface area contributed by atoms with E-state index < -0.39 is 0 Å². The van der Waals surface area contributed by atoms with Gasteiger partial charge in [-0.25, -0.2) is 0 Å². The van der Waals surface area contributed by atoms with E-state index in [1.807, 2.05) is 12.1 Å². The zero-order chi connectivity index (χ0) is 16.5. The van der Waals surface area contributed by atoms with Gasteiger partial charge in [-0.15, -0.1) is 0 Å². The summed E-state index contributed by atoms with van der Waals surface area (Å²) in [6.45, 7) is 8.32. The smallest absolute Gasteiger partial charge is 0.230 e. The molecule has 1 fully saturated rings. The van der Waals surface area contributed by atoms with Crippen LogP contribution < -0.4 is 10.6 Å². The van der Waals surface area contributed by atoms with Gasteiger partial charge in [0.1, 0.15) is 0 Å². The molecular weight excluding hydrogens is 316 g/mol. The summed E-state index contributed by atoms with van der Waals surface area (Å²) in [5.41, 5.74) is 2.01. The van der Waals surface area contributed by atoms with E-state index in [0.29, 0.717) is 10.1 Å². The van der Waals surface area contributed by atoms with E-state index in [9.17, 15) is 4.79 Å². The first-order valence-corrected chi connectivity index (χ1v) is 8.03. The van der Waals surface area contributed by atoms with Gasteiger partial charge < -0.3 is 10.6 Å². The topological polar surface area (TPSA) is 41.1 Å². The van der Waals surface area contributed by atoms with Crippen molar-refractivity contribution in [1.29, 1.82) is 0 Å². The Labute approximate surface area is 142 Å². The van der Waals surface area contributed by atoms with Crippen LogP contribution >= 0.6 is 23.8 Å². The minimum absolute atomic E-state index is 0.0166. The molecule has 2 N–H and O–H groups in total. The molecule has 1 aliphatic rings. The largest absolute Gasteiger partial charge is 0.332 e. The second-order valence-corrected chi connectivity index (χ2v) is 7.36. The van der Waals surface area contributed by atoms with Gasteiger partial charge >= 0.3 is 0 Å². The molecule has 118 valence electrons. The van der Waals surface area contributed by atoms with E-state index >= 15 is 0 Å². The lowest BCUT2D eigenvalue weighted by Crippen LogP contribution is -2.36. The van der Waals surface area contributed by atoms with Crippen molar-refractivity contribution >= 4 is 40.5 Å². The molecule has 1 aliphatic carbocycles. The number of carbonyl (C=O) groups is 1. The molecule has 0 aliphatic heterocycles. The number of hydrogen-bond acceptors (Lipinski definition) is 2. The van der Waals surface area contributed by atoms with E-state index in [0.717, 1.165) is 5.69 Å². The van der Waals surface area contributed by atoms with Gasteiger partial charge in [-0.3, -0.25) is 4.79 Å². The molecule has 0 spiro atoms. The van der Waals surface area contributed by atoms with Crippen molar-refractivity contribution in [2.45, 2.75) is 27.7 Å². The normalized spacial score (nSPS) is 21.7. The lowest BCUT2D eigenvalue weighted by atomic mass is 10.1. The number of carbonyl (C=O) groups excluding carboxylic acids is 1. The maximum absolute atomic E-state index is 12.4. The summed E-state index contributed by atoms with van der Waals surface area (Å²) in [6, 6.07) is 7.16. The zero-order valence-electron chi connectivity index (χ0n) is 13.2. The van der Waals surface area contributed by atoms with E-state index in [4.69, 9.17) is 23.8 Å². The Morgan fingerprint density at radius 2 is 1.86 bits per heavy atom. The van der Waals surface area contributed by atoms with Crippen LogP contribution in [0.2, 0.25) is 5.02 Å². The Balaban J connectivity index is 1.93. The Bertz CT molecular complexity index is 618. The van der Waals surface area contributed by atoms with Crippen molar-refractivity contribution < 1.29 is 4.79 Å². The van der Waals surface area contributed by atoms with Crippen molar-refractivity contribution in [1.82, 2.24) is 5.32 Å². The molecule has 1 aromatic carbocycles. The molecule has 1 aromatic rings. The van der Waals surface area contributed by atoms with E-state index in [1.165, 1.54) is 5.57 Å². The van der Waals surface area contributed by atoms with Gasteiger partial charge in [0.25, 0.3) is 0 Å². The molecule has 0 bridgehead atoms. The molecule has 0 radical (unpaired) electrons. The second kappa shape index (κ2) is 6.39. The van der Waals surface area contributed by atoms with Gasteiger partial charge in [0.2, 0.25) is 5.91 Å². The lowest BCUT2D eigenvalue weighted by molar-refractivity contribution is -0.121. The highest BCUT2D eigenvalue weighted by atomic mass is 35.5. The second-order valence-electron chi connectivity index (χ2n) is 6.52. The van der Waals surface area contributed by atoms with Crippen molar-refractivity contribution in [3.05, 3.63) is 40.9 Å². The highest BCUT2D eigenvalue weighted by Crippen LogP contribution is 2.59. The Morgan fingerprint density at radius 1 is 1.27 bits per heavy atom. The fourth-order valence-corrected chi connectivity index (χ4v) is 3.08. The number of halogens is 1. The van der Waals surface area contributed by atoms with E-state index in [2.05, 4.69) is 44.4 Å². The molecule has 0 unspecified atom stereocenters. The van der Waals surface area contributed by atoms with Crippen molar-refractivity contribution in [3.8, 4) is 0 Å². The van der Waals surface area contributed by atoms with E-state index in [1.54, 1.807) is 12.1 Å². The third kappa shape index (κ3) is 3.87. The molecule has 2 rings (SSSR count). The predicted molar refractivity (Wildman–Crippen MR) is 96.0 cm³/mol. The third-order valence-electron chi connectivity index (χ3n) is 4.04. The Morgan fingerprint density at radius 3 is 2.41 bits per heavy atom. The van der Waals surface area contributed by atoms with Crippen LogP contribution in [-0.2, 0) is 4.79 Å². The number of rotatable bonds is 3. The third-order valence-corrected chi connectivity index (χ3v) is 4.50. The molecule has 5 heteroatoms. The van der Waals surface area contributed by atoms with Crippen molar-refractivity contribution in [3.63, 3.8) is 0 Å². The number of hydrogen-bond donors (Lipinski definition) is 2. The number of amides is 1. The Hall–Kier alpha value is -1.39. The standard InChI is InChI=1S/C17H21ClN2OS/c1-10(2)9-13-14(17(13,3)4)15(21)20-16(22)19-12-7-5-11(18)6-8-12/h5-9,13-14H,1-4H3,(H2,19,20,21,22)/t13-,14+/m1/s1. The fourth-order valence-electron chi connectivity index (χ4n) is 2.73. The van der Waals surface area contributed by atoms with Gasteiger partial charge in [-0.2, -0.15) is 0 Å². The highest BCUT2D eigenvalue weighted by molar-refractivity contribution is 7.80. The van der Waals surface area contributed by atoms with Crippen LogP contribution in [0.1, 0.15) is 27.7 Å². The molecular formula is C17H21ClN2OS. The minimum atomic E-state index is -0.0348. The molecule has 1 amide bonds. The molecule has 22 heavy (non-hydrogen) atoms. The summed E-state index contributed by atoms with van der Waals surface area (Å²) in [7, 11) is 0. The number of allylic oxidation sites excluding steroid dienone is 2. The maximum atomic E-state index is 12.4. The first-order chi connectivity index (χ1) is 10.2. The van der Waals surface area contributed by atoms with Crippen LogP contribution in [0.5, 0.6) is 0 Å². The monoisotopic (exact) mass is 336 g/mol. The van der Waals surface area contributed by atoms with Crippen LogP contribution in [0.25, 0.3) is 0 Å². The number of thiocarbonyl (C=S) groups is 1. The zero-order valence-corrected chi connectivity index (χ0v) is 14.8. The van der Waals surface area contributed by atoms with Gasteiger partial charge in [-0.05, 0) is 61.7 Å². The van der Waals surface area contributed by atoms with Crippen LogP contribution in [0.15, 0.2) is 35.9 Å². The van der Waals surface area contributed by atoms with Crippen LogP contribution in [0.3, 0.4) is 0 Å². The molecule has 0 heterocycles. The van der Waals surface area contributed by atoms with Gasteiger partial charge in [0.05, 0.1) is 5.92 Å². The van der Waals surface area contributed by atoms with Gasteiger partial charge in [0, 0.05) is 10.7 Å². The van der Waals surface area contributed by atoms with Crippen LogP contribution in [0.4, 0.5) is 5.69 Å². The molecule has 1 saturated carbocycles. The van der Waals surface area contributed by atoms with Crippen molar-refractivity contribution in [2.75, 3.05) is 5.32 Å². The SMILES string of the molecule is CC(C)=C[C@@H]1[C@@H](C(=O)NC(=S)Nc2ccc(Cl)cc2)C1(C)C. The average molecular weight is 337 g/mol. The summed E-state index contributed by atoms with van der Waals surface area (Å²) >= 11 is 11.0. The van der Waals surface area contributed by atoms with Gasteiger partial charge in [-0.1, -0.05) is 37.1 Å². The quantitative estimate of drug-likeness (QED) is 0.635.